The Bertz CT molecular complexity index is 864. The minimum Gasteiger partial charge on any atom is -0.480 e. The molecule has 1 saturated heterocycles. The summed E-state index contributed by atoms with van der Waals surface area (Å²) in [5.41, 5.74) is 0.496. The lowest BCUT2D eigenvalue weighted by molar-refractivity contribution is 0.0188. The summed E-state index contributed by atoms with van der Waals surface area (Å²) in [5, 5.41) is 0. The molecule has 0 atom stereocenters. The minimum atomic E-state index is -0.521. The maximum atomic E-state index is 12.5. The van der Waals surface area contributed by atoms with Crippen molar-refractivity contribution in [3.63, 3.8) is 0 Å². The van der Waals surface area contributed by atoms with Gasteiger partial charge in [0, 0.05) is 25.2 Å². The fourth-order valence-electron chi connectivity index (χ4n) is 3.09. The predicted molar refractivity (Wildman–Crippen MR) is 96.4 cm³/mol. The lowest BCUT2D eigenvalue weighted by Gasteiger charge is -2.34. The van der Waals surface area contributed by atoms with Crippen molar-refractivity contribution in [3.05, 3.63) is 28.7 Å². The van der Waals surface area contributed by atoms with Crippen molar-refractivity contribution in [2.45, 2.75) is 45.3 Å². The Labute approximate surface area is 151 Å². The molecule has 0 spiro atoms. The fourth-order valence-corrected chi connectivity index (χ4v) is 3.09. The third kappa shape index (κ3) is 3.79. The summed E-state index contributed by atoms with van der Waals surface area (Å²) in [7, 11) is 1.51. The summed E-state index contributed by atoms with van der Waals surface area (Å²) in [6.07, 6.45) is 2.51. The zero-order chi connectivity index (χ0) is 18.9. The van der Waals surface area contributed by atoms with E-state index in [1.165, 1.54) is 19.4 Å². The number of carbonyl (C=O) groups excluding carboxylic acids is 1. The van der Waals surface area contributed by atoms with Crippen molar-refractivity contribution in [2.24, 2.45) is 0 Å². The van der Waals surface area contributed by atoms with E-state index in [9.17, 15) is 9.59 Å². The molecule has 2 aromatic rings. The van der Waals surface area contributed by atoms with Gasteiger partial charge >= 0.3 is 6.09 Å². The summed E-state index contributed by atoms with van der Waals surface area (Å²) in [6, 6.07) is 3.12. The smallest absolute Gasteiger partial charge is 0.410 e. The lowest BCUT2D eigenvalue weighted by atomic mass is 10.0. The van der Waals surface area contributed by atoms with Gasteiger partial charge in [0.05, 0.1) is 13.3 Å². The molecule has 0 radical (unpaired) electrons. The molecule has 8 nitrogen and oxygen atoms in total. The van der Waals surface area contributed by atoms with E-state index >= 15 is 0 Å². The molecular formula is C18H24N4O4. The summed E-state index contributed by atoms with van der Waals surface area (Å²) < 4.78 is 12.2. The average Bonchev–Trinajstić information content (AvgIpc) is 2.60. The van der Waals surface area contributed by atoms with Gasteiger partial charge in [-0.25, -0.2) is 9.78 Å². The quantitative estimate of drug-likeness (QED) is 0.817. The second-order valence-electron chi connectivity index (χ2n) is 7.36. The van der Waals surface area contributed by atoms with E-state index in [1.807, 2.05) is 20.8 Å². The molecule has 26 heavy (non-hydrogen) atoms. The van der Waals surface area contributed by atoms with Crippen LogP contribution in [0.15, 0.2) is 23.1 Å². The van der Waals surface area contributed by atoms with Crippen molar-refractivity contribution in [1.29, 1.82) is 0 Å². The summed E-state index contributed by atoms with van der Waals surface area (Å²) in [5.74, 6) is 0.364. The van der Waals surface area contributed by atoms with Crippen molar-refractivity contribution in [1.82, 2.24) is 19.4 Å². The second-order valence-corrected chi connectivity index (χ2v) is 7.36. The van der Waals surface area contributed by atoms with Crippen molar-refractivity contribution in [3.8, 4) is 5.88 Å². The van der Waals surface area contributed by atoms with Gasteiger partial charge in [-0.05, 0) is 39.7 Å². The first-order valence-corrected chi connectivity index (χ1v) is 8.69. The minimum absolute atomic E-state index is 0.0497. The van der Waals surface area contributed by atoms with Crippen molar-refractivity contribution >= 4 is 17.3 Å². The highest BCUT2D eigenvalue weighted by Gasteiger charge is 2.28. The van der Waals surface area contributed by atoms with Gasteiger partial charge in [0.2, 0.25) is 5.88 Å². The van der Waals surface area contributed by atoms with Gasteiger partial charge in [-0.2, -0.15) is 4.98 Å². The highest BCUT2D eigenvalue weighted by Crippen LogP contribution is 2.25. The molecule has 0 aromatic carbocycles. The monoisotopic (exact) mass is 360 g/mol. The van der Waals surface area contributed by atoms with Crippen LogP contribution in [0.2, 0.25) is 0 Å². The third-order valence-corrected chi connectivity index (χ3v) is 4.30. The number of hydrogen-bond acceptors (Lipinski definition) is 6. The number of aromatic nitrogens is 3. The maximum absolute atomic E-state index is 12.5. The summed E-state index contributed by atoms with van der Waals surface area (Å²) >= 11 is 0. The summed E-state index contributed by atoms with van der Waals surface area (Å²) in [4.78, 5) is 35.1. The average molecular weight is 360 g/mol. The molecule has 3 heterocycles. The van der Waals surface area contributed by atoms with Crippen LogP contribution in [0.1, 0.15) is 39.7 Å². The number of methoxy groups -OCH3 is 1. The molecular weight excluding hydrogens is 336 g/mol. The Hall–Kier alpha value is -2.64. The molecule has 0 aliphatic carbocycles. The van der Waals surface area contributed by atoms with Crippen LogP contribution < -0.4 is 10.3 Å². The second kappa shape index (κ2) is 6.93. The zero-order valence-corrected chi connectivity index (χ0v) is 15.6. The van der Waals surface area contributed by atoms with Gasteiger partial charge in [0.15, 0.2) is 5.65 Å². The van der Waals surface area contributed by atoms with Crippen LogP contribution in [0.5, 0.6) is 5.88 Å². The number of nitrogens with zero attached hydrogens (tertiary/aromatic N) is 4. The zero-order valence-electron chi connectivity index (χ0n) is 15.6. The van der Waals surface area contributed by atoms with Crippen LogP contribution in [0, 0.1) is 0 Å². The van der Waals surface area contributed by atoms with E-state index < -0.39 is 5.60 Å². The largest absolute Gasteiger partial charge is 0.480 e. The standard InChI is InChI=1S/C18H24N4O4/c1-18(2,3)26-17(24)21-9-7-12(8-10-21)22-15(23)6-5-13-16(22)20-14(25-4)11-19-13/h5-6,11-12H,7-10H2,1-4H3. The first-order chi connectivity index (χ1) is 12.3. The summed E-state index contributed by atoms with van der Waals surface area (Å²) in [6.45, 7) is 6.59. The number of hydrogen-bond donors (Lipinski definition) is 0. The molecule has 140 valence electrons. The van der Waals surface area contributed by atoms with Crippen LogP contribution in [0.25, 0.3) is 11.2 Å². The van der Waals surface area contributed by atoms with E-state index in [4.69, 9.17) is 9.47 Å². The van der Waals surface area contributed by atoms with Crippen LogP contribution >= 0.6 is 0 Å². The number of likely N-dealkylation sites (tertiary alicyclic amines) is 1. The number of carbonyl (C=O) groups is 1. The topological polar surface area (TPSA) is 86.6 Å². The molecule has 1 aliphatic rings. The van der Waals surface area contributed by atoms with Gasteiger partial charge in [-0.15, -0.1) is 0 Å². The molecule has 1 aliphatic heterocycles. The number of amides is 1. The van der Waals surface area contributed by atoms with Gasteiger partial charge in [0.1, 0.15) is 11.1 Å². The van der Waals surface area contributed by atoms with Gasteiger partial charge in [0.25, 0.3) is 5.56 Å². The van der Waals surface area contributed by atoms with Crippen molar-refractivity contribution in [2.75, 3.05) is 20.2 Å². The molecule has 0 N–H and O–H groups in total. The van der Waals surface area contributed by atoms with E-state index in [1.54, 1.807) is 15.5 Å². The molecule has 8 heteroatoms. The van der Waals surface area contributed by atoms with Crippen LogP contribution in [0.3, 0.4) is 0 Å². The Balaban J connectivity index is 1.82. The molecule has 0 unspecified atom stereocenters. The molecule has 1 amide bonds. The Morgan fingerprint density at radius 3 is 2.54 bits per heavy atom. The Kier molecular flexibility index (Phi) is 4.84. The van der Waals surface area contributed by atoms with Gasteiger partial charge < -0.3 is 14.4 Å². The first-order valence-electron chi connectivity index (χ1n) is 8.69. The fraction of sp³-hybridized carbons (Fsp3) is 0.556. The Morgan fingerprint density at radius 1 is 1.23 bits per heavy atom. The first kappa shape index (κ1) is 18.2. The molecule has 1 fully saturated rings. The third-order valence-electron chi connectivity index (χ3n) is 4.30. The number of piperidine rings is 1. The van der Waals surface area contributed by atoms with Gasteiger partial charge in [-0.3, -0.25) is 9.36 Å². The van der Waals surface area contributed by atoms with Gasteiger partial charge in [-0.1, -0.05) is 0 Å². The number of fused-ring (bicyclic) bond motifs is 1. The Morgan fingerprint density at radius 2 is 1.92 bits per heavy atom. The van der Waals surface area contributed by atoms with Crippen LogP contribution in [0.4, 0.5) is 4.79 Å². The number of pyridine rings is 1. The maximum Gasteiger partial charge on any atom is 0.410 e. The number of rotatable bonds is 2. The van der Waals surface area contributed by atoms with E-state index in [2.05, 4.69) is 9.97 Å². The molecule has 2 aromatic heterocycles. The molecule has 0 saturated carbocycles. The van der Waals surface area contributed by atoms with E-state index in [0.717, 1.165) is 0 Å². The number of ether oxygens (including phenoxy) is 2. The molecule has 0 bridgehead atoms. The molecule has 3 rings (SSSR count). The highest BCUT2D eigenvalue weighted by molar-refractivity contribution is 5.70. The SMILES string of the molecule is COc1cnc2ccc(=O)n(C3CCN(C(=O)OC(C)(C)C)CC3)c2n1. The van der Waals surface area contributed by atoms with Crippen LogP contribution in [-0.2, 0) is 4.74 Å². The highest BCUT2D eigenvalue weighted by atomic mass is 16.6. The van der Waals surface area contributed by atoms with Crippen LogP contribution in [-0.4, -0.2) is 51.3 Å². The normalized spacial score (nSPS) is 15.9. The lowest BCUT2D eigenvalue weighted by Crippen LogP contribution is -2.43. The van der Waals surface area contributed by atoms with E-state index in [-0.39, 0.29) is 17.7 Å². The van der Waals surface area contributed by atoms with Crippen molar-refractivity contribution < 1.29 is 14.3 Å². The van der Waals surface area contributed by atoms with E-state index in [0.29, 0.717) is 43.0 Å². The predicted octanol–water partition coefficient (Wildman–Crippen LogP) is 2.37.